The summed E-state index contributed by atoms with van der Waals surface area (Å²) in [5.41, 5.74) is 4.02. The Kier molecular flexibility index (Phi) is 7.11. The molecule has 7 heteroatoms. The van der Waals surface area contributed by atoms with Crippen LogP contribution in [0.25, 0.3) is 0 Å². The van der Waals surface area contributed by atoms with Gasteiger partial charge in [-0.1, -0.05) is 35.9 Å². The van der Waals surface area contributed by atoms with Crippen LogP contribution in [-0.2, 0) is 15.8 Å². The molecule has 0 fully saturated rings. The van der Waals surface area contributed by atoms with Crippen molar-refractivity contribution >= 4 is 33.4 Å². The van der Waals surface area contributed by atoms with Gasteiger partial charge in [-0.25, -0.2) is 8.42 Å². The van der Waals surface area contributed by atoms with E-state index in [2.05, 4.69) is 41.2 Å². The standard InChI is InChI=1S/C19H24N2O3S2/c1-14-7-9-16(10-8-14)13-25-12-11-20-19(22)17-5-4-6-18(15(17)2)21-26(3,23)24/h4-10,21H,11-13H2,1-3H3,(H,20,22). The van der Waals surface area contributed by atoms with E-state index in [4.69, 9.17) is 0 Å². The van der Waals surface area contributed by atoms with Crippen LogP contribution in [0.3, 0.4) is 0 Å². The van der Waals surface area contributed by atoms with E-state index in [0.29, 0.717) is 23.4 Å². The average molecular weight is 393 g/mol. The van der Waals surface area contributed by atoms with Gasteiger partial charge in [0.2, 0.25) is 10.0 Å². The van der Waals surface area contributed by atoms with Crippen molar-refractivity contribution in [3.05, 3.63) is 64.7 Å². The largest absolute Gasteiger partial charge is 0.351 e. The predicted molar refractivity (Wildman–Crippen MR) is 109 cm³/mol. The third-order valence-electron chi connectivity index (χ3n) is 3.80. The second kappa shape index (κ2) is 9.09. The molecule has 2 aromatic rings. The van der Waals surface area contributed by atoms with Crippen molar-refractivity contribution in [2.45, 2.75) is 19.6 Å². The molecule has 0 aliphatic carbocycles. The number of thioether (sulfide) groups is 1. The lowest BCUT2D eigenvalue weighted by atomic mass is 10.1. The predicted octanol–water partition coefficient (Wildman–Crippen LogP) is 3.34. The first-order valence-corrected chi connectivity index (χ1v) is 11.3. The van der Waals surface area contributed by atoms with Crippen LogP contribution >= 0.6 is 11.8 Å². The molecule has 0 heterocycles. The third-order valence-corrected chi connectivity index (χ3v) is 5.42. The van der Waals surface area contributed by atoms with Gasteiger partial charge in [0.05, 0.1) is 11.9 Å². The second-order valence-corrected chi connectivity index (χ2v) is 9.00. The van der Waals surface area contributed by atoms with Gasteiger partial charge in [-0.05, 0) is 37.1 Å². The Morgan fingerprint density at radius 2 is 1.77 bits per heavy atom. The van der Waals surface area contributed by atoms with E-state index < -0.39 is 10.0 Å². The van der Waals surface area contributed by atoms with Crippen LogP contribution in [0.15, 0.2) is 42.5 Å². The summed E-state index contributed by atoms with van der Waals surface area (Å²) in [4.78, 5) is 12.4. The molecule has 0 spiro atoms. The van der Waals surface area contributed by atoms with Gasteiger partial charge in [-0.15, -0.1) is 0 Å². The molecule has 0 atom stereocenters. The lowest BCUT2D eigenvalue weighted by Gasteiger charge is -2.12. The summed E-state index contributed by atoms with van der Waals surface area (Å²) in [7, 11) is -3.38. The Bertz CT molecular complexity index is 863. The van der Waals surface area contributed by atoms with Crippen molar-refractivity contribution in [3.8, 4) is 0 Å². The third kappa shape index (κ3) is 6.38. The molecule has 0 saturated carbocycles. The minimum Gasteiger partial charge on any atom is -0.351 e. The molecule has 5 nitrogen and oxygen atoms in total. The zero-order chi connectivity index (χ0) is 19.2. The number of aryl methyl sites for hydroxylation is 1. The summed E-state index contributed by atoms with van der Waals surface area (Å²) in [5.74, 6) is 1.51. The normalized spacial score (nSPS) is 11.2. The lowest BCUT2D eigenvalue weighted by Crippen LogP contribution is -2.26. The van der Waals surface area contributed by atoms with Gasteiger partial charge in [-0.2, -0.15) is 11.8 Å². The van der Waals surface area contributed by atoms with Crippen molar-refractivity contribution in [2.24, 2.45) is 0 Å². The van der Waals surface area contributed by atoms with Gasteiger partial charge >= 0.3 is 0 Å². The van der Waals surface area contributed by atoms with E-state index in [1.165, 1.54) is 11.1 Å². The minimum absolute atomic E-state index is 0.199. The number of amides is 1. The maximum atomic E-state index is 12.4. The first kappa shape index (κ1) is 20.3. The van der Waals surface area contributed by atoms with Gasteiger partial charge < -0.3 is 5.32 Å². The van der Waals surface area contributed by atoms with Gasteiger partial charge in [-0.3, -0.25) is 9.52 Å². The SMILES string of the molecule is Cc1ccc(CSCCNC(=O)c2cccc(NS(C)(=O)=O)c2C)cc1. The van der Waals surface area contributed by atoms with Gasteiger partial charge in [0.15, 0.2) is 0 Å². The maximum Gasteiger partial charge on any atom is 0.251 e. The van der Waals surface area contributed by atoms with E-state index in [-0.39, 0.29) is 5.91 Å². The Morgan fingerprint density at radius 1 is 1.08 bits per heavy atom. The molecule has 0 unspecified atom stereocenters. The van der Waals surface area contributed by atoms with Crippen molar-refractivity contribution in [1.82, 2.24) is 5.32 Å². The van der Waals surface area contributed by atoms with Crippen LogP contribution in [0.1, 0.15) is 27.0 Å². The Morgan fingerprint density at radius 3 is 2.42 bits per heavy atom. The van der Waals surface area contributed by atoms with E-state index in [1.54, 1.807) is 36.9 Å². The highest BCUT2D eigenvalue weighted by atomic mass is 32.2. The van der Waals surface area contributed by atoms with Gasteiger partial charge in [0, 0.05) is 23.6 Å². The smallest absolute Gasteiger partial charge is 0.251 e. The fourth-order valence-corrected chi connectivity index (χ4v) is 3.84. The van der Waals surface area contributed by atoms with Crippen LogP contribution in [0, 0.1) is 13.8 Å². The Balaban J connectivity index is 1.84. The van der Waals surface area contributed by atoms with Crippen LogP contribution in [-0.4, -0.2) is 32.9 Å². The Hall–Kier alpha value is -1.99. The molecule has 0 bridgehead atoms. The molecular formula is C19H24N2O3S2. The fraction of sp³-hybridized carbons (Fsp3) is 0.316. The monoisotopic (exact) mass is 392 g/mol. The van der Waals surface area contributed by atoms with Crippen LogP contribution in [0.4, 0.5) is 5.69 Å². The summed E-state index contributed by atoms with van der Waals surface area (Å²) < 4.78 is 25.2. The minimum atomic E-state index is -3.38. The molecule has 2 N–H and O–H groups in total. The summed E-state index contributed by atoms with van der Waals surface area (Å²) in [6.07, 6.45) is 1.09. The fourth-order valence-electron chi connectivity index (χ4n) is 2.40. The zero-order valence-corrected chi connectivity index (χ0v) is 16.8. The summed E-state index contributed by atoms with van der Waals surface area (Å²) in [6.45, 7) is 4.35. The Labute approximate surface area is 159 Å². The van der Waals surface area contributed by atoms with E-state index >= 15 is 0 Å². The number of benzene rings is 2. The summed E-state index contributed by atoms with van der Waals surface area (Å²) >= 11 is 1.76. The molecule has 0 saturated heterocycles. The number of hydrogen-bond donors (Lipinski definition) is 2. The van der Waals surface area contributed by atoms with E-state index in [9.17, 15) is 13.2 Å². The van der Waals surface area contributed by atoms with Gasteiger partial charge in [0.1, 0.15) is 0 Å². The lowest BCUT2D eigenvalue weighted by molar-refractivity contribution is 0.0955. The number of carbonyl (C=O) groups is 1. The average Bonchev–Trinajstić information content (AvgIpc) is 2.57. The first-order chi connectivity index (χ1) is 12.3. The second-order valence-electron chi connectivity index (χ2n) is 6.15. The highest BCUT2D eigenvalue weighted by Gasteiger charge is 2.13. The molecule has 0 aromatic heterocycles. The molecule has 0 aliphatic heterocycles. The molecule has 2 aromatic carbocycles. The number of carbonyl (C=O) groups excluding carboxylic acids is 1. The summed E-state index contributed by atoms with van der Waals surface area (Å²) in [6, 6.07) is 13.4. The molecule has 2 rings (SSSR count). The van der Waals surface area contributed by atoms with Crippen molar-refractivity contribution in [2.75, 3.05) is 23.3 Å². The molecule has 0 aliphatic rings. The van der Waals surface area contributed by atoms with Gasteiger partial charge in [0.25, 0.3) is 5.91 Å². The van der Waals surface area contributed by atoms with Crippen molar-refractivity contribution < 1.29 is 13.2 Å². The molecule has 140 valence electrons. The first-order valence-electron chi connectivity index (χ1n) is 8.25. The number of nitrogens with one attached hydrogen (secondary N) is 2. The summed E-state index contributed by atoms with van der Waals surface area (Å²) in [5, 5.41) is 2.89. The quantitative estimate of drug-likeness (QED) is 0.676. The van der Waals surface area contributed by atoms with E-state index in [1.807, 2.05) is 0 Å². The molecule has 1 amide bonds. The van der Waals surface area contributed by atoms with Crippen LogP contribution < -0.4 is 10.0 Å². The zero-order valence-electron chi connectivity index (χ0n) is 15.2. The number of hydrogen-bond acceptors (Lipinski definition) is 4. The number of anilines is 1. The van der Waals surface area contributed by atoms with Crippen LogP contribution in [0.5, 0.6) is 0 Å². The highest BCUT2D eigenvalue weighted by molar-refractivity contribution is 7.98. The number of rotatable bonds is 8. The highest BCUT2D eigenvalue weighted by Crippen LogP contribution is 2.20. The number of sulfonamides is 1. The molecular weight excluding hydrogens is 368 g/mol. The van der Waals surface area contributed by atoms with Crippen molar-refractivity contribution in [3.63, 3.8) is 0 Å². The maximum absolute atomic E-state index is 12.4. The molecule has 26 heavy (non-hydrogen) atoms. The molecule has 0 radical (unpaired) electrons. The van der Waals surface area contributed by atoms with Crippen molar-refractivity contribution in [1.29, 1.82) is 0 Å². The topological polar surface area (TPSA) is 75.3 Å². The van der Waals surface area contributed by atoms with E-state index in [0.717, 1.165) is 17.8 Å². The van der Waals surface area contributed by atoms with Crippen LogP contribution in [0.2, 0.25) is 0 Å².